The molecular weight excluding hydrogens is 482 g/mol. The van der Waals surface area contributed by atoms with Gasteiger partial charge in [0.05, 0.1) is 38.5 Å². The topological polar surface area (TPSA) is 109 Å². The minimum absolute atomic E-state index is 0.0282. The zero-order chi connectivity index (χ0) is 25.8. The number of nitrogens with one attached hydrogen (secondary N) is 1. The lowest BCUT2D eigenvalue weighted by molar-refractivity contribution is -0.142. The smallest absolute Gasteiger partial charge is 0.311 e. The molecule has 0 aliphatic heterocycles. The van der Waals surface area contributed by atoms with E-state index in [1.165, 1.54) is 18.6 Å². The standard InChI is InChI=1S/C26H25N3O6S/c1-5-35-23(31)14-22-24(18-11-10-17(33-3)13-21(18)34-4)27-26(36-22)28-25(32)20-12-16-8-6-7-9-19(16)29(20)15(2)30/h6-13H,5,14H2,1-4H3,(H,27,28,32). The predicted molar refractivity (Wildman–Crippen MR) is 137 cm³/mol. The molecule has 36 heavy (non-hydrogen) atoms. The lowest BCUT2D eigenvalue weighted by atomic mass is 10.1. The van der Waals surface area contributed by atoms with Gasteiger partial charge in [-0.25, -0.2) is 4.98 Å². The number of hydrogen-bond acceptors (Lipinski definition) is 8. The molecule has 0 aliphatic carbocycles. The highest BCUT2D eigenvalue weighted by Gasteiger charge is 2.23. The van der Waals surface area contributed by atoms with Crippen LogP contribution >= 0.6 is 11.3 Å². The number of nitrogens with zero attached hydrogens (tertiary/aromatic N) is 2. The van der Waals surface area contributed by atoms with Crippen LogP contribution in [-0.2, 0) is 16.0 Å². The van der Waals surface area contributed by atoms with Crippen molar-refractivity contribution in [3.05, 3.63) is 59.1 Å². The van der Waals surface area contributed by atoms with Crippen LogP contribution in [0.2, 0.25) is 0 Å². The number of benzene rings is 2. The Bertz CT molecular complexity index is 1460. The van der Waals surface area contributed by atoms with Crippen molar-refractivity contribution in [3.8, 4) is 22.8 Å². The molecule has 10 heteroatoms. The van der Waals surface area contributed by atoms with E-state index in [4.69, 9.17) is 14.2 Å². The van der Waals surface area contributed by atoms with Crippen LogP contribution in [0.3, 0.4) is 0 Å². The Morgan fingerprint density at radius 2 is 1.83 bits per heavy atom. The van der Waals surface area contributed by atoms with Gasteiger partial charge in [0.15, 0.2) is 5.13 Å². The molecule has 0 bridgehead atoms. The van der Waals surface area contributed by atoms with E-state index in [0.29, 0.717) is 33.2 Å². The normalized spacial score (nSPS) is 10.8. The van der Waals surface area contributed by atoms with Gasteiger partial charge in [-0.05, 0) is 31.2 Å². The second kappa shape index (κ2) is 10.6. The molecule has 1 N–H and O–H groups in total. The number of carbonyl (C=O) groups excluding carboxylic acids is 3. The van der Waals surface area contributed by atoms with Crippen molar-refractivity contribution in [2.75, 3.05) is 26.1 Å². The van der Waals surface area contributed by atoms with Gasteiger partial charge in [-0.2, -0.15) is 0 Å². The van der Waals surface area contributed by atoms with Gasteiger partial charge < -0.3 is 14.2 Å². The molecule has 186 valence electrons. The van der Waals surface area contributed by atoms with Crippen LogP contribution in [0.4, 0.5) is 5.13 Å². The number of carbonyl (C=O) groups is 3. The molecule has 0 fully saturated rings. The quantitative estimate of drug-likeness (QED) is 0.341. The summed E-state index contributed by atoms with van der Waals surface area (Å²) in [7, 11) is 3.08. The van der Waals surface area contributed by atoms with E-state index in [1.54, 1.807) is 50.4 Å². The number of rotatable bonds is 8. The number of thiazole rings is 1. The van der Waals surface area contributed by atoms with E-state index in [9.17, 15) is 14.4 Å². The molecule has 2 heterocycles. The van der Waals surface area contributed by atoms with Crippen LogP contribution in [0.25, 0.3) is 22.2 Å². The number of esters is 1. The highest BCUT2D eigenvalue weighted by molar-refractivity contribution is 7.16. The molecule has 0 radical (unpaired) electrons. The van der Waals surface area contributed by atoms with Gasteiger partial charge >= 0.3 is 5.97 Å². The second-order valence-corrected chi connectivity index (χ2v) is 8.82. The maximum atomic E-state index is 13.2. The number of methoxy groups -OCH3 is 2. The minimum Gasteiger partial charge on any atom is -0.497 e. The average Bonchev–Trinajstić information content (AvgIpc) is 3.45. The van der Waals surface area contributed by atoms with Gasteiger partial charge in [-0.3, -0.25) is 24.3 Å². The predicted octanol–water partition coefficient (Wildman–Crippen LogP) is 4.80. The summed E-state index contributed by atoms with van der Waals surface area (Å²) in [5.41, 5.74) is 1.94. The molecule has 2 aromatic carbocycles. The molecule has 0 aliphatic rings. The zero-order valence-electron chi connectivity index (χ0n) is 20.3. The first-order chi connectivity index (χ1) is 17.4. The number of fused-ring (bicyclic) bond motifs is 1. The number of amides is 1. The molecule has 9 nitrogen and oxygen atoms in total. The Morgan fingerprint density at radius 3 is 2.53 bits per heavy atom. The lowest BCUT2D eigenvalue weighted by Crippen LogP contribution is -2.19. The minimum atomic E-state index is -0.494. The van der Waals surface area contributed by atoms with Crippen LogP contribution in [0, 0.1) is 0 Å². The summed E-state index contributed by atoms with van der Waals surface area (Å²) in [6, 6.07) is 14.2. The third-order valence-electron chi connectivity index (χ3n) is 5.45. The summed E-state index contributed by atoms with van der Waals surface area (Å²) >= 11 is 1.16. The van der Waals surface area contributed by atoms with Crippen LogP contribution in [0.5, 0.6) is 11.5 Å². The van der Waals surface area contributed by atoms with E-state index in [2.05, 4.69) is 10.3 Å². The van der Waals surface area contributed by atoms with Gasteiger partial charge in [-0.1, -0.05) is 18.2 Å². The van der Waals surface area contributed by atoms with Crippen molar-refractivity contribution in [3.63, 3.8) is 0 Å². The summed E-state index contributed by atoms with van der Waals surface area (Å²) in [6.45, 7) is 3.38. The monoisotopic (exact) mass is 507 g/mol. The van der Waals surface area contributed by atoms with Crippen LogP contribution in [0.1, 0.15) is 34.0 Å². The fraction of sp³-hybridized carbons (Fsp3) is 0.231. The Labute approximate surface area is 211 Å². The highest BCUT2D eigenvalue weighted by atomic mass is 32.1. The van der Waals surface area contributed by atoms with Crippen molar-refractivity contribution in [2.24, 2.45) is 0 Å². The van der Waals surface area contributed by atoms with Gasteiger partial charge in [0.2, 0.25) is 5.91 Å². The fourth-order valence-electron chi connectivity index (χ4n) is 3.90. The van der Waals surface area contributed by atoms with Crippen LogP contribution in [0.15, 0.2) is 48.5 Å². The first kappa shape index (κ1) is 24.9. The number of anilines is 1. The molecule has 0 unspecified atom stereocenters. The molecule has 4 rings (SSSR count). The van der Waals surface area contributed by atoms with Crippen molar-refractivity contribution in [1.82, 2.24) is 9.55 Å². The average molecular weight is 508 g/mol. The molecule has 0 spiro atoms. The number of hydrogen-bond donors (Lipinski definition) is 1. The number of aromatic nitrogens is 2. The highest BCUT2D eigenvalue weighted by Crippen LogP contribution is 2.39. The van der Waals surface area contributed by atoms with Gasteiger partial charge in [-0.15, -0.1) is 11.3 Å². The Hall–Kier alpha value is -4.18. The summed E-state index contributed by atoms with van der Waals surface area (Å²) in [5, 5.41) is 3.83. The van der Waals surface area contributed by atoms with Crippen molar-refractivity contribution in [1.29, 1.82) is 0 Å². The molecule has 0 atom stereocenters. The zero-order valence-corrected chi connectivity index (χ0v) is 21.1. The Morgan fingerprint density at radius 1 is 1.06 bits per heavy atom. The van der Waals surface area contributed by atoms with E-state index < -0.39 is 11.9 Å². The fourth-order valence-corrected chi connectivity index (χ4v) is 4.85. The van der Waals surface area contributed by atoms with E-state index in [1.807, 2.05) is 12.1 Å². The number of ether oxygens (including phenoxy) is 3. The first-order valence-electron chi connectivity index (χ1n) is 11.2. The summed E-state index contributed by atoms with van der Waals surface area (Å²) in [5.74, 6) is -0.0922. The molecular formula is C26H25N3O6S. The molecule has 4 aromatic rings. The molecule has 2 aromatic heterocycles. The van der Waals surface area contributed by atoms with Crippen molar-refractivity contribution in [2.45, 2.75) is 20.3 Å². The summed E-state index contributed by atoms with van der Waals surface area (Å²) < 4.78 is 17.3. The Balaban J connectivity index is 1.74. The van der Waals surface area contributed by atoms with Gasteiger partial charge in [0, 0.05) is 28.8 Å². The molecule has 1 amide bonds. The van der Waals surface area contributed by atoms with Crippen LogP contribution in [-0.4, -0.2) is 48.2 Å². The maximum Gasteiger partial charge on any atom is 0.311 e. The Kier molecular flexibility index (Phi) is 7.35. The second-order valence-electron chi connectivity index (χ2n) is 7.74. The van der Waals surface area contributed by atoms with Crippen molar-refractivity contribution < 1.29 is 28.6 Å². The molecule has 0 saturated carbocycles. The number of para-hydroxylation sites is 1. The summed E-state index contributed by atoms with van der Waals surface area (Å²) in [4.78, 5) is 43.1. The largest absolute Gasteiger partial charge is 0.497 e. The van der Waals surface area contributed by atoms with Crippen LogP contribution < -0.4 is 14.8 Å². The van der Waals surface area contributed by atoms with E-state index in [0.717, 1.165) is 16.7 Å². The summed E-state index contributed by atoms with van der Waals surface area (Å²) in [6.07, 6.45) is -0.0282. The SMILES string of the molecule is CCOC(=O)Cc1sc(NC(=O)c2cc3ccccc3n2C(C)=O)nc1-c1ccc(OC)cc1OC. The van der Waals surface area contributed by atoms with Gasteiger partial charge in [0.1, 0.15) is 17.2 Å². The van der Waals surface area contributed by atoms with Gasteiger partial charge in [0.25, 0.3) is 5.91 Å². The molecule has 0 saturated heterocycles. The van der Waals surface area contributed by atoms with E-state index >= 15 is 0 Å². The van der Waals surface area contributed by atoms with E-state index in [-0.39, 0.29) is 29.8 Å². The maximum absolute atomic E-state index is 13.2. The van der Waals surface area contributed by atoms with Crippen molar-refractivity contribution >= 4 is 45.2 Å². The first-order valence-corrected chi connectivity index (χ1v) is 12.0. The third kappa shape index (κ3) is 4.94. The third-order valence-corrected chi connectivity index (χ3v) is 6.42. The lowest BCUT2D eigenvalue weighted by Gasteiger charge is -2.10.